The fraction of sp³-hybridized carbons (Fsp3) is 0.667. The van der Waals surface area contributed by atoms with E-state index in [-0.39, 0.29) is 17.6 Å². The van der Waals surface area contributed by atoms with Gasteiger partial charge < -0.3 is 15.2 Å². The molecule has 0 spiro atoms. The molecule has 0 aliphatic rings. The van der Waals surface area contributed by atoms with Crippen molar-refractivity contribution in [2.45, 2.75) is 57.9 Å². The van der Waals surface area contributed by atoms with Gasteiger partial charge in [-0.15, -0.1) is 0 Å². The van der Waals surface area contributed by atoms with Crippen molar-refractivity contribution in [3.05, 3.63) is 29.8 Å². The Morgan fingerprint density at radius 1 is 1.14 bits per heavy atom. The number of ether oxygens (including phenoxy) is 1. The van der Waals surface area contributed by atoms with Gasteiger partial charge in [-0.25, -0.2) is 0 Å². The summed E-state index contributed by atoms with van der Waals surface area (Å²) >= 11 is 0. The number of unbranched alkanes of at least 4 members (excludes halogenated alkanes) is 1. The second-order valence-electron chi connectivity index (χ2n) is 7.05. The van der Waals surface area contributed by atoms with Gasteiger partial charge in [-0.1, -0.05) is 32.9 Å². The van der Waals surface area contributed by atoms with Crippen LogP contribution in [0.5, 0.6) is 5.75 Å². The van der Waals surface area contributed by atoms with Gasteiger partial charge in [0.25, 0.3) is 0 Å². The van der Waals surface area contributed by atoms with E-state index in [1.54, 1.807) is 0 Å². The Labute approximate surface area is 129 Å². The average Bonchev–Trinajstić information content (AvgIpc) is 2.46. The molecule has 0 radical (unpaired) electrons. The van der Waals surface area contributed by atoms with Gasteiger partial charge in [-0.3, -0.25) is 0 Å². The van der Waals surface area contributed by atoms with E-state index in [2.05, 4.69) is 44.3 Å². The minimum absolute atomic E-state index is 0.148. The Morgan fingerprint density at radius 2 is 1.86 bits per heavy atom. The maximum absolute atomic E-state index is 9.33. The highest BCUT2D eigenvalue weighted by atomic mass is 16.5. The summed E-state index contributed by atoms with van der Waals surface area (Å²) in [5, 5.41) is 12.5. The van der Waals surface area contributed by atoms with E-state index < -0.39 is 0 Å². The predicted molar refractivity (Wildman–Crippen MR) is 89.0 cm³/mol. The molecule has 1 atom stereocenters. The summed E-state index contributed by atoms with van der Waals surface area (Å²) in [7, 11) is 1.89. The summed E-state index contributed by atoms with van der Waals surface area (Å²) in [6, 6.07) is 8.35. The van der Waals surface area contributed by atoms with Crippen LogP contribution in [0, 0.1) is 0 Å². The fourth-order valence-electron chi connectivity index (χ4n) is 2.14. The topological polar surface area (TPSA) is 41.5 Å². The third kappa shape index (κ3) is 6.06. The minimum atomic E-state index is -0.174. The first-order chi connectivity index (χ1) is 9.80. The molecular weight excluding hydrogens is 262 g/mol. The molecule has 2 N–H and O–H groups in total. The molecule has 1 unspecified atom stereocenters. The van der Waals surface area contributed by atoms with Crippen LogP contribution in [-0.4, -0.2) is 30.9 Å². The lowest BCUT2D eigenvalue weighted by Gasteiger charge is -2.26. The number of nitrogens with one attached hydrogen (secondary N) is 1. The maximum Gasteiger partial charge on any atom is 0.119 e. The highest BCUT2D eigenvalue weighted by Crippen LogP contribution is 2.25. The number of rotatable bonds is 8. The molecule has 0 saturated carbocycles. The molecule has 120 valence electrons. The summed E-state index contributed by atoms with van der Waals surface area (Å²) < 4.78 is 5.84. The summed E-state index contributed by atoms with van der Waals surface area (Å²) in [6.07, 6.45) is 2.99. The number of aliphatic hydroxyl groups excluding tert-OH is 1. The van der Waals surface area contributed by atoms with Crippen molar-refractivity contribution in [3.8, 4) is 5.75 Å². The summed E-state index contributed by atoms with van der Waals surface area (Å²) in [6.45, 7) is 9.55. The van der Waals surface area contributed by atoms with E-state index in [4.69, 9.17) is 4.74 Å². The van der Waals surface area contributed by atoms with Gasteiger partial charge in [0.2, 0.25) is 0 Å². The highest BCUT2D eigenvalue weighted by molar-refractivity contribution is 5.32. The highest BCUT2D eigenvalue weighted by Gasteiger charge is 2.19. The quantitative estimate of drug-likeness (QED) is 0.721. The summed E-state index contributed by atoms with van der Waals surface area (Å²) in [5.41, 5.74) is 1.27. The second kappa shape index (κ2) is 7.81. The normalized spacial score (nSPS) is 14.8. The SMILES string of the molecule is CNC(C)(CO)CCCCOc1cccc(C(C)(C)C)c1. The van der Waals surface area contributed by atoms with Crippen LogP contribution in [-0.2, 0) is 5.41 Å². The van der Waals surface area contributed by atoms with Crippen molar-refractivity contribution in [2.75, 3.05) is 20.3 Å². The van der Waals surface area contributed by atoms with Crippen LogP contribution in [0.1, 0.15) is 52.5 Å². The van der Waals surface area contributed by atoms with Crippen LogP contribution in [0.4, 0.5) is 0 Å². The molecular formula is C18H31NO2. The van der Waals surface area contributed by atoms with Crippen LogP contribution in [0.3, 0.4) is 0 Å². The molecule has 0 saturated heterocycles. The van der Waals surface area contributed by atoms with Gasteiger partial charge in [0.05, 0.1) is 13.2 Å². The largest absolute Gasteiger partial charge is 0.494 e. The monoisotopic (exact) mass is 293 g/mol. The zero-order chi connectivity index (χ0) is 15.9. The zero-order valence-electron chi connectivity index (χ0n) is 14.2. The van der Waals surface area contributed by atoms with Crippen molar-refractivity contribution in [2.24, 2.45) is 0 Å². The van der Waals surface area contributed by atoms with Crippen LogP contribution in [0.2, 0.25) is 0 Å². The van der Waals surface area contributed by atoms with Crippen molar-refractivity contribution < 1.29 is 9.84 Å². The van der Waals surface area contributed by atoms with Gasteiger partial charge in [0.1, 0.15) is 5.75 Å². The van der Waals surface area contributed by atoms with E-state index in [0.717, 1.165) is 31.6 Å². The number of hydrogen-bond acceptors (Lipinski definition) is 3. The molecule has 0 aromatic heterocycles. The molecule has 3 nitrogen and oxygen atoms in total. The second-order valence-corrected chi connectivity index (χ2v) is 7.05. The van der Waals surface area contributed by atoms with Gasteiger partial charge >= 0.3 is 0 Å². The molecule has 0 bridgehead atoms. The third-order valence-electron chi connectivity index (χ3n) is 4.04. The van der Waals surface area contributed by atoms with E-state index in [0.29, 0.717) is 0 Å². The van der Waals surface area contributed by atoms with Crippen LogP contribution >= 0.6 is 0 Å². The lowest BCUT2D eigenvalue weighted by molar-refractivity contribution is 0.168. The van der Waals surface area contributed by atoms with E-state index >= 15 is 0 Å². The van der Waals surface area contributed by atoms with E-state index in [9.17, 15) is 5.11 Å². The molecule has 1 rings (SSSR count). The Hall–Kier alpha value is -1.06. The smallest absolute Gasteiger partial charge is 0.119 e. The first-order valence-corrected chi connectivity index (χ1v) is 7.84. The molecule has 1 aromatic carbocycles. The Kier molecular flexibility index (Phi) is 6.69. The lowest BCUT2D eigenvalue weighted by atomic mass is 9.87. The molecule has 0 aliphatic carbocycles. The van der Waals surface area contributed by atoms with Gasteiger partial charge in [0.15, 0.2) is 0 Å². The fourth-order valence-corrected chi connectivity index (χ4v) is 2.14. The van der Waals surface area contributed by atoms with Crippen LogP contribution in [0.25, 0.3) is 0 Å². The zero-order valence-corrected chi connectivity index (χ0v) is 14.2. The molecule has 0 aliphatic heterocycles. The van der Waals surface area contributed by atoms with Crippen molar-refractivity contribution in [1.29, 1.82) is 0 Å². The number of benzene rings is 1. The van der Waals surface area contributed by atoms with Crippen LogP contribution in [0.15, 0.2) is 24.3 Å². The Morgan fingerprint density at radius 3 is 2.43 bits per heavy atom. The van der Waals surface area contributed by atoms with Gasteiger partial charge in [-0.2, -0.15) is 0 Å². The number of hydrogen-bond donors (Lipinski definition) is 2. The Bertz CT molecular complexity index is 419. The minimum Gasteiger partial charge on any atom is -0.494 e. The van der Waals surface area contributed by atoms with Gasteiger partial charge in [-0.05, 0) is 56.3 Å². The summed E-state index contributed by atoms with van der Waals surface area (Å²) in [4.78, 5) is 0. The molecule has 21 heavy (non-hydrogen) atoms. The third-order valence-corrected chi connectivity index (χ3v) is 4.04. The molecule has 3 heteroatoms. The summed E-state index contributed by atoms with van der Waals surface area (Å²) in [5.74, 6) is 0.945. The Balaban J connectivity index is 2.37. The van der Waals surface area contributed by atoms with Crippen LogP contribution < -0.4 is 10.1 Å². The molecule has 0 heterocycles. The average molecular weight is 293 g/mol. The van der Waals surface area contributed by atoms with Crippen molar-refractivity contribution >= 4 is 0 Å². The lowest BCUT2D eigenvalue weighted by Crippen LogP contribution is -2.43. The standard InChI is InChI=1S/C18H31NO2/c1-17(2,3)15-9-8-10-16(13-15)21-12-7-6-11-18(4,14-20)19-5/h8-10,13,19-20H,6-7,11-12,14H2,1-5H3. The maximum atomic E-state index is 9.33. The first-order valence-electron chi connectivity index (χ1n) is 7.84. The van der Waals surface area contributed by atoms with Crippen molar-refractivity contribution in [1.82, 2.24) is 5.32 Å². The van der Waals surface area contributed by atoms with E-state index in [1.807, 2.05) is 20.0 Å². The van der Waals surface area contributed by atoms with E-state index in [1.165, 1.54) is 5.56 Å². The predicted octanol–water partition coefficient (Wildman–Crippen LogP) is 3.50. The number of aliphatic hydroxyl groups is 1. The first kappa shape index (κ1) is 18.0. The molecule has 0 amide bonds. The molecule has 1 aromatic rings. The van der Waals surface area contributed by atoms with Crippen molar-refractivity contribution in [3.63, 3.8) is 0 Å². The number of likely N-dealkylation sites (N-methyl/N-ethyl adjacent to an activating group) is 1. The molecule has 0 fully saturated rings. The van der Waals surface area contributed by atoms with Gasteiger partial charge in [0, 0.05) is 5.54 Å².